The van der Waals surface area contributed by atoms with Gasteiger partial charge in [-0.25, -0.2) is 23.2 Å². The van der Waals surface area contributed by atoms with Crippen molar-refractivity contribution in [2.75, 3.05) is 19.3 Å². The zero-order chi connectivity index (χ0) is 22.6. The average molecular weight is 456 g/mol. The first kappa shape index (κ1) is 23.7. The van der Waals surface area contributed by atoms with Crippen LogP contribution in [-0.4, -0.2) is 73.1 Å². The molecule has 2 fully saturated rings. The first-order chi connectivity index (χ1) is 14.6. The predicted octanol–water partition coefficient (Wildman–Crippen LogP) is 2.90. The van der Waals surface area contributed by atoms with E-state index in [0.29, 0.717) is 24.7 Å². The molecule has 3 rings (SSSR count). The molecule has 0 spiro atoms. The number of piperidine rings is 1. The predicted molar refractivity (Wildman–Crippen MR) is 114 cm³/mol. The maximum absolute atomic E-state index is 12.0. The Balaban J connectivity index is 1.41. The van der Waals surface area contributed by atoms with Crippen molar-refractivity contribution in [3.8, 4) is 5.88 Å². The number of hydrogen-bond acceptors (Lipinski definition) is 8. The fourth-order valence-electron chi connectivity index (χ4n) is 3.91. The lowest BCUT2D eigenvalue weighted by Crippen LogP contribution is -2.43. The van der Waals surface area contributed by atoms with Crippen LogP contribution in [0.5, 0.6) is 5.88 Å². The van der Waals surface area contributed by atoms with Gasteiger partial charge < -0.3 is 19.1 Å². The molecule has 1 aromatic rings. The van der Waals surface area contributed by atoms with Crippen LogP contribution in [0.4, 0.5) is 4.79 Å². The second kappa shape index (κ2) is 10.1. The van der Waals surface area contributed by atoms with Crippen molar-refractivity contribution in [2.45, 2.75) is 88.7 Å². The lowest BCUT2D eigenvalue weighted by Gasteiger charge is -2.35. The number of hydrogen-bond donors (Lipinski definition) is 0. The molecule has 31 heavy (non-hydrogen) atoms. The molecule has 0 aromatic carbocycles. The van der Waals surface area contributed by atoms with Crippen LogP contribution in [0.2, 0.25) is 0 Å². The van der Waals surface area contributed by atoms with Gasteiger partial charge >= 0.3 is 6.09 Å². The van der Waals surface area contributed by atoms with E-state index < -0.39 is 9.84 Å². The molecule has 1 saturated carbocycles. The average Bonchev–Trinajstić information content (AvgIpc) is 2.70. The van der Waals surface area contributed by atoms with Crippen LogP contribution < -0.4 is 4.74 Å². The standard InChI is InChI=1S/C21H33N3O6S/c1-14(2)28-21(25)24-11-9-18(10-12-24)29-16-5-7-17(8-6-16)30-20-15(3)23-19(13-22-20)31(4,26)27/h13-14,16-18H,5-12H2,1-4H3. The molecule has 0 unspecified atom stereocenters. The van der Waals surface area contributed by atoms with Gasteiger partial charge in [0.2, 0.25) is 5.88 Å². The summed E-state index contributed by atoms with van der Waals surface area (Å²) in [6.07, 6.45) is 7.53. The highest BCUT2D eigenvalue weighted by atomic mass is 32.2. The fourth-order valence-corrected chi connectivity index (χ4v) is 4.46. The van der Waals surface area contributed by atoms with Gasteiger partial charge in [0.25, 0.3) is 0 Å². The minimum Gasteiger partial charge on any atom is -0.473 e. The first-order valence-electron chi connectivity index (χ1n) is 10.9. The Kier molecular flexibility index (Phi) is 7.74. The van der Waals surface area contributed by atoms with Gasteiger partial charge in [-0.2, -0.15) is 0 Å². The summed E-state index contributed by atoms with van der Waals surface area (Å²) in [7, 11) is -3.38. The van der Waals surface area contributed by atoms with E-state index in [9.17, 15) is 13.2 Å². The number of rotatable bonds is 6. The highest BCUT2D eigenvalue weighted by molar-refractivity contribution is 7.90. The van der Waals surface area contributed by atoms with Crippen molar-refractivity contribution in [2.24, 2.45) is 0 Å². The number of ether oxygens (including phenoxy) is 3. The summed E-state index contributed by atoms with van der Waals surface area (Å²) in [5.74, 6) is 0.387. The van der Waals surface area contributed by atoms with Crippen LogP contribution in [0.3, 0.4) is 0 Å². The Bertz CT molecular complexity index is 860. The van der Waals surface area contributed by atoms with Crippen LogP contribution in [-0.2, 0) is 19.3 Å². The summed E-state index contributed by atoms with van der Waals surface area (Å²) in [6, 6.07) is 0. The highest BCUT2D eigenvalue weighted by Gasteiger charge is 2.29. The normalized spacial score (nSPS) is 23.1. The third-order valence-electron chi connectivity index (χ3n) is 5.58. The van der Waals surface area contributed by atoms with Gasteiger partial charge in [-0.15, -0.1) is 0 Å². The molecule has 2 aliphatic rings. The number of aryl methyl sites for hydroxylation is 1. The SMILES string of the molecule is Cc1nc(S(C)(=O)=O)cnc1OC1CCC(OC2CCN(C(=O)OC(C)C)CC2)CC1. The van der Waals surface area contributed by atoms with Crippen molar-refractivity contribution in [1.82, 2.24) is 14.9 Å². The Labute approximate surface area is 184 Å². The highest BCUT2D eigenvalue weighted by Crippen LogP contribution is 2.28. The molecule has 0 N–H and O–H groups in total. The van der Waals surface area contributed by atoms with Crippen molar-refractivity contribution >= 4 is 15.9 Å². The number of amides is 1. The molecule has 0 bridgehead atoms. The summed E-state index contributed by atoms with van der Waals surface area (Å²) in [6.45, 7) is 6.74. The molecule has 2 heterocycles. The molecule has 0 radical (unpaired) electrons. The Morgan fingerprint density at radius 2 is 1.65 bits per heavy atom. The summed E-state index contributed by atoms with van der Waals surface area (Å²) in [5.41, 5.74) is 0.476. The molecule has 174 valence electrons. The number of likely N-dealkylation sites (tertiary alicyclic amines) is 1. The summed E-state index contributed by atoms with van der Waals surface area (Å²) in [4.78, 5) is 22.0. The van der Waals surface area contributed by atoms with Gasteiger partial charge in [0, 0.05) is 19.3 Å². The van der Waals surface area contributed by atoms with E-state index in [4.69, 9.17) is 14.2 Å². The minimum absolute atomic E-state index is 0.0181. The zero-order valence-electron chi connectivity index (χ0n) is 18.7. The number of carbonyl (C=O) groups is 1. The number of sulfone groups is 1. The lowest BCUT2D eigenvalue weighted by atomic mass is 9.94. The molecule has 1 aliphatic heterocycles. The van der Waals surface area contributed by atoms with E-state index in [1.165, 1.54) is 6.20 Å². The second-order valence-electron chi connectivity index (χ2n) is 8.64. The summed E-state index contributed by atoms with van der Waals surface area (Å²) < 4.78 is 40.7. The van der Waals surface area contributed by atoms with E-state index >= 15 is 0 Å². The topological polar surface area (TPSA) is 108 Å². The molecule has 1 saturated heterocycles. The smallest absolute Gasteiger partial charge is 0.410 e. The van der Waals surface area contributed by atoms with Gasteiger partial charge in [-0.1, -0.05) is 0 Å². The maximum Gasteiger partial charge on any atom is 0.410 e. The van der Waals surface area contributed by atoms with Crippen LogP contribution >= 0.6 is 0 Å². The zero-order valence-corrected chi connectivity index (χ0v) is 19.6. The quantitative estimate of drug-likeness (QED) is 0.644. The maximum atomic E-state index is 12.0. The van der Waals surface area contributed by atoms with E-state index in [2.05, 4.69) is 9.97 Å². The second-order valence-corrected chi connectivity index (χ2v) is 10.6. The van der Waals surface area contributed by atoms with Crippen LogP contribution in [0.1, 0.15) is 58.1 Å². The van der Waals surface area contributed by atoms with E-state index in [-0.39, 0.29) is 35.5 Å². The van der Waals surface area contributed by atoms with Gasteiger partial charge in [-0.3, -0.25) is 0 Å². The van der Waals surface area contributed by atoms with Crippen molar-refractivity contribution in [3.05, 3.63) is 11.9 Å². The summed E-state index contributed by atoms with van der Waals surface area (Å²) >= 11 is 0. The number of carbonyl (C=O) groups excluding carboxylic acids is 1. The van der Waals surface area contributed by atoms with Crippen LogP contribution in [0, 0.1) is 6.92 Å². The molecular weight excluding hydrogens is 422 g/mol. The molecule has 1 aromatic heterocycles. The largest absolute Gasteiger partial charge is 0.473 e. The van der Waals surface area contributed by atoms with Gasteiger partial charge in [0.15, 0.2) is 14.9 Å². The number of aromatic nitrogens is 2. The van der Waals surface area contributed by atoms with E-state index in [1.807, 2.05) is 13.8 Å². The lowest BCUT2D eigenvalue weighted by molar-refractivity contribution is -0.0659. The third kappa shape index (κ3) is 6.77. The van der Waals surface area contributed by atoms with Crippen molar-refractivity contribution in [3.63, 3.8) is 0 Å². The molecule has 0 atom stereocenters. The van der Waals surface area contributed by atoms with E-state index in [0.717, 1.165) is 44.8 Å². The van der Waals surface area contributed by atoms with Crippen molar-refractivity contribution in [1.29, 1.82) is 0 Å². The molecule has 1 aliphatic carbocycles. The summed E-state index contributed by atoms with van der Waals surface area (Å²) in [5, 5.41) is -0.0435. The molecule has 9 nitrogen and oxygen atoms in total. The van der Waals surface area contributed by atoms with Crippen LogP contribution in [0.25, 0.3) is 0 Å². The Morgan fingerprint density at radius 1 is 1.06 bits per heavy atom. The van der Waals surface area contributed by atoms with Crippen LogP contribution in [0.15, 0.2) is 11.2 Å². The Hall–Kier alpha value is -1.94. The minimum atomic E-state index is -3.38. The molecule has 10 heteroatoms. The van der Waals surface area contributed by atoms with Gasteiger partial charge in [0.05, 0.1) is 24.5 Å². The Morgan fingerprint density at radius 3 is 2.19 bits per heavy atom. The van der Waals surface area contributed by atoms with Gasteiger partial charge in [0.1, 0.15) is 11.8 Å². The van der Waals surface area contributed by atoms with Gasteiger partial charge in [-0.05, 0) is 59.3 Å². The third-order valence-corrected chi connectivity index (χ3v) is 6.54. The molecule has 1 amide bonds. The first-order valence-corrected chi connectivity index (χ1v) is 12.8. The van der Waals surface area contributed by atoms with E-state index in [1.54, 1.807) is 11.8 Å². The fraction of sp³-hybridized carbons (Fsp3) is 0.762. The number of nitrogens with zero attached hydrogens (tertiary/aromatic N) is 3. The molecular formula is C21H33N3O6S. The monoisotopic (exact) mass is 455 g/mol. The van der Waals surface area contributed by atoms with Crippen molar-refractivity contribution < 1.29 is 27.4 Å².